The summed E-state index contributed by atoms with van der Waals surface area (Å²) in [6.07, 6.45) is 0.159. The molecule has 0 amide bonds. The van der Waals surface area contributed by atoms with Crippen molar-refractivity contribution >= 4 is 28.2 Å². The van der Waals surface area contributed by atoms with E-state index in [0.29, 0.717) is 17.2 Å². The fraction of sp³-hybridized carbons (Fsp3) is 0.556. The van der Waals surface area contributed by atoms with Gasteiger partial charge < -0.3 is 10.2 Å². The summed E-state index contributed by atoms with van der Waals surface area (Å²) in [5, 5.41) is 21.5. The minimum Gasteiger partial charge on any atom is -0.390 e. The van der Waals surface area contributed by atoms with E-state index in [0.717, 1.165) is 11.8 Å². The number of hydrogen-bond donors (Lipinski definition) is 2. The van der Waals surface area contributed by atoms with Crippen molar-refractivity contribution in [2.75, 3.05) is 5.75 Å². The molecule has 0 aromatic carbocycles. The fourth-order valence-corrected chi connectivity index (χ4v) is 2.35. The van der Waals surface area contributed by atoms with Crippen LogP contribution in [0.1, 0.15) is 24.5 Å². The molecule has 2 atom stereocenters. The molecule has 84 valence electrons. The predicted octanol–water partition coefficient (Wildman–Crippen LogP) is 1.21. The van der Waals surface area contributed by atoms with Crippen LogP contribution in [0, 0.1) is 0 Å². The Morgan fingerprint density at radius 1 is 1.67 bits per heavy atom. The molecule has 4 nitrogen and oxygen atoms in total. The lowest BCUT2D eigenvalue weighted by Gasteiger charge is -2.14. The van der Waals surface area contributed by atoms with Crippen molar-refractivity contribution in [3.63, 3.8) is 0 Å². The highest BCUT2D eigenvalue weighted by Crippen LogP contribution is 2.21. The Morgan fingerprint density at radius 3 is 2.93 bits per heavy atom. The minimum atomic E-state index is -0.947. The maximum absolute atomic E-state index is 10.6. The van der Waals surface area contributed by atoms with Crippen molar-refractivity contribution in [2.24, 2.45) is 0 Å². The summed E-state index contributed by atoms with van der Waals surface area (Å²) in [6.45, 7) is 1.48. The predicted molar refractivity (Wildman–Crippen MR) is 60.8 cm³/mol. The summed E-state index contributed by atoms with van der Waals surface area (Å²) >= 11 is 2.45. The third-order valence-electron chi connectivity index (χ3n) is 1.79. The molecular weight excluding hydrogens is 234 g/mol. The first kappa shape index (κ1) is 12.6. The van der Waals surface area contributed by atoms with E-state index in [1.54, 1.807) is 11.6 Å². The van der Waals surface area contributed by atoms with Gasteiger partial charge in [0, 0.05) is 24.3 Å². The van der Waals surface area contributed by atoms with Crippen LogP contribution in [0.15, 0.2) is 11.6 Å². The average molecular weight is 247 g/mol. The van der Waals surface area contributed by atoms with Gasteiger partial charge in [0.05, 0.1) is 6.10 Å². The van der Waals surface area contributed by atoms with E-state index >= 15 is 0 Å². The van der Waals surface area contributed by atoms with Crippen LogP contribution >= 0.6 is 23.1 Å². The van der Waals surface area contributed by atoms with Gasteiger partial charge in [-0.15, -0.1) is 11.3 Å². The molecule has 0 bridgehead atoms. The van der Waals surface area contributed by atoms with Gasteiger partial charge >= 0.3 is 0 Å². The standard InChI is InChI=1S/C9H13NO3S2/c1-6(11)14-4-2-7(12)8(13)9-10-3-5-15-9/h3,5,7-8,12-13H,2,4H2,1H3. The van der Waals surface area contributed by atoms with Gasteiger partial charge in [-0.3, -0.25) is 4.79 Å². The Kier molecular flexibility index (Phi) is 5.24. The lowest BCUT2D eigenvalue weighted by molar-refractivity contribution is -0.109. The van der Waals surface area contributed by atoms with Crippen LogP contribution < -0.4 is 0 Å². The van der Waals surface area contributed by atoms with Gasteiger partial charge in [0.15, 0.2) is 5.12 Å². The normalized spacial score (nSPS) is 14.9. The van der Waals surface area contributed by atoms with E-state index in [1.807, 2.05) is 0 Å². The molecule has 1 rings (SSSR count). The summed E-state index contributed by atoms with van der Waals surface area (Å²) in [5.41, 5.74) is 0. The van der Waals surface area contributed by atoms with Crippen molar-refractivity contribution in [3.05, 3.63) is 16.6 Å². The summed E-state index contributed by atoms with van der Waals surface area (Å²) in [6, 6.07) is 0. The van der Waals surface area contributed by atoms with Crippen LogP contribution in [-0.4, -0.2) is 32.2 Å². The monoisotopic (exact) mass is 247 g/mol. The number of carbonyl (C=O) groups is 1. The van der Waals surface area contributed by atoms with E-state index in [1.165, 1.54) is 18.3 Å². The highest BCUT2D eigenvalue weighted by atomic mass is 32.2. The van der Waals surface area contributed by atoms with Gasteiger partial charge in [-0.1, -0.05) is 11.8 Å². The summed E-state index contributed by atoms with van der Waals surface area (Å²) in [4.78, 5) is 14.5. The van der Waals surface area contributed by atoms with Crippen LogP contribution in [0.25, 0.3) is 0 Å². The van der Waals surface area contributed by atoms with Gasteiger partial charge in [-0.25, -0.2) is 4.98 Å². The molecule has 15 heavy (non-hydrogen) atoms. The van der Waals surface area contributed by atoms with Crippen molar-refractivity contribution < 1.29 is 15.0 Å². The molecule has 1 heterocycles. The smallest absolute Gasteiger partial charge is 0.185 e. The molecule has 0 saturated heterocycles. The van der Waals surface area contributed by atoms with Gasteiger partial charge in [0.2, 0.25) is 0 Å². The zero-order chi connectivity index (χ0) is 11.3. The maximum atomic E-state index is 10.6. The number of thioether (sulfide) groups is 1. The van der Waals surface area contributed by atoms with Crippen LogP contribution in [0.3, 0.4) is 0 Å². The molecule has 0 aliphatic heterocycles. The van der Waals surface area contributed by atoms with Gasteiger partial charge in [0.1, 0.15) is 11.1 Å². The van der Waals surface area contributed by atoms with E-state index in [9.17, 15) is 15.0 Å². The lowest BCUT2D eigenvalue weighted by atomic mass is 10.2. The highest BCUT2D eigenvalue weighted by molar-refractivity contribution is 8.13. The molecule has 0 radical (unpaired) electrons. The van der Waals surface area contributed by atoms with Crippen molar-refractivity contribution in [3.8, 4) is 0 Å². The number of aliphatic hydroxyl groups is 2. The van der Waals surface area contributed by atoms with Gasteiger partial charge in [0.25, 0.3) is 0 Å². The van der Waals surface area contributed by atoms with Crippen LogP contribution in [0.2, 0.25) is 0 Å². The molecule has 0 aliphatic rings. The lowest BCUT2D eigenvalue weighted by Crippen LogP contribution is -2.19. The summed E-state index contributed by atoms with van der Waals surface area (Å²) < 4.78 is 0. The first-order chi connectivity index (χ1) is 7.11. The highest BCUT2D eigenvalue weighted by Gasteiger charge is 2.20. The molecule has 0 fully saturated rings. The number of aliphatic hydroxyl groups excluding tert-OH is 2. The molecule has 1 aromatic heterocycles. The van der Waals surface area contributed by atoms with Crippen molar-refractivity contribution in [1.29, 1.82) is 0 Å². The molecule has 2 unspecified atom stereocenters. The van der Waals surface area contributed by atoms with E-state index < -0.39 is 12.2 Å². The maximum Gasteiger partial charge on any atom is 0.185 e. The van der Waals surface area contributed by atoms with Crippen LogP contribution in [-0.2, 0) is 4.79 Å². The van der Waals surface area contributed by atoms with Crippen molar-refractivity contribution in [1.82, 2.24) is 4.98 Å². The van der Waals surface area contributed by atoms with Gasteiger partial charge in [-0.05, 0) is 6.42 Å². The van der Waals surface area contributed by atoms with E-state index in [2.05, 4.69) is 4.98 Å². The number of aromatic nitrogens is 1. The first-order valence-electron chi connectivity index (χ1n) is 4.50. The first-order valence-corrected chi connectivity index (χ1v) is 6.36. The molecule has 2 N–H and O–H groups in total. The largest absolute Gasteiger partial charge is 0.390 e. The summed E-state index contributed by atoms with van der Waals surface area (Å²) in [7, 11) is 0. The summed E-state index contributed by atoms with van der Waals surface area (Å²) in [5.74, 6) is 0.513. The SMILES string of the molecule is CC(=O)SCCC(O)C(O)c1nccs1. The molecular formula is C9H13NO3S2. The Hall–Kier alpha value is -0.430. The van der Waals surface area contributed by atoms with E-state index in [-0.39, 0.29) is 5.12 Å². The Balaban J connectivity index is 2.33. The fourth-order valence-electron chi connectivity index (χ4n) is 1.03. The van der Waals surface area contributed by atoms with Gasteiger partial charge in [-0.2, -0.15) is 0 Å². The third-order valence-corrected chi connectivity index (χ3v) is 3.48. The zero-order valence-corrected chi connectivity index (χ0v) is 9.92. The minimum absolute atomic E-state index is 0.0194. The number of carbonyl (C=O) groups excluding carboxylic acids is 1. The second kappa shape index (κ2) is 6.22. The number of hydrogen-bond acceptors (Lipinski definition) is 6. The number of nitrogens with zero attached hydrogens (tertiary/aromatic N) is 1. The molecule has 0 spiro atoms. The second-order valence-corrected chi connectivity index (χ2v) is 5.21. The van der Waals surface area contributed by atoms with Crippen molar-refractivity contribution in [2.45, 2.75) is 25.6 Å². The topological polar surface area (TPSA) is 70.4 Å². The molecule has 6 heteroatoms. The number of thiazole rings is 1. The number of rotatable bonds is 5. The molecule has 1 aromatic rings. The van der Waals surface area contributed by atoms with E-state index in [4.69, 9.17) is 0 Å². The zero-order valence-electron chi connectivity index (χ0n) is 8.29. The van der Waals surface area contributed by atoms with Crippen LogP contribution in [0.4, 0.5) is 0 Å². The van der Waals surface area contributed by atoms with Crippen LogP contribution in [0.5, 0.6) is 0 Å². The molecule has 0 saturated carbocycles. The Morgan fingerprint density at radius 2 is 2.40 bits per heavy atom. The quantitative estimate of drug-likeness (QED) is 0.818. The average Bonchev–Trinajstić information content (AvgIpc) is 2.68. The second-order valence-electron chi connectivity index (χ2n) is 3.01. The third kappa shape index (κ3) is 4.29. The Labute approximate surface area is 96.4 Å². The molecule has 0 aliphatic carbocycles. The Bertz CT molecular complexity index is 302.